The van der Waals surface area contributed by atoms with Crippen LogP contribution in [0.2, 0.25) is 0 Å². The SMILES string of the molecule is CC(C)CC(=O)N1CCC(C(C)(C)C)CC1. The second kappa shape index (κ2) is 5.20. The Hall–Kier alpha value is -0.530. The predicted octanol–water partition coefficient (Wildman–Crippen LogP) is 3.32. The molecule has 1 rings (SSSR count). The van der Waals surface area contributed by atoms with Crippen LogP contribution >= 0.6 is 0 Å². The summed E-state index contributed by atoms with van der Waals surface area (Å²) in [5.41, 5.74) is 0.396. The van der Waals surface area contributed by atoms with Crippen LogP contribution in [0.5, 0.6) is 0 Å². The third-order valence-corrected chi connectivity index (χ3v) is 3.66. The summed E-state index contributed by atoms with van der Waals surface area (Å²) in [4.78, 5) is 13.9. The fraction of sp³-hybridized carbons (Fsp3) is 0.929. The molecule has 0 saturated carbocycles. The zero-order chi connectivity index (χ0) is 12.3. The van der Waals surface area contributed by atoms with Gasteiger partial charge in [0.15, 0.2) is 0 Å². The van der Waals surface area contributed by atoms with Gasteiger partial charge >= 0.3 is 0 Å². The number of rotatable bonds is 2. The summed E-state index contributed by atoms with van der Waals surface area (Å²) < 4.78 is 0. The van der Waals surface area contributed by atoms with Crippen molar-refractivity contribution in [2.24, 2.45) is 17.3 Å². The minimum atomic E-state index is 0.349. The first-order chi connectivity index (χ1) is 7.30. The third-order valence-electron chi connectivity index (χ3n) is 3.66. The first-order valence-electron chi connectivity index (χ1n) is 6.58. The number of nitrogens with zero attached hydrogens (tertiary/aromatic N) is 1. The molecule has 0 aliphatic carbocycles. The minimum Gasteiger partial charge on any atom is -0.343 e. The zero-order valence-corrected chi connectivity index (χ0v) is 11.5. The summed E-state index contributed by atoms with van der Waals surface area (Å²) in [6.45, 7) is 13.1. The molecule has 0 aromatic rings. The molecule has 0 bridgehead atoms. The Bertz CT molecular complexity index is 232. The van der Waals surface area contributed by atoms with E-state index in [0.29, 0.717) is 23.7 Å². The van der Waals surface area contributed by atoms with Gasteiger partial charge < -0.3 is 4.90 Å². The maximum Gasteiger partial charge on any atom is 0.222 e. The van der Waals surface area contributed by atoms with Gasteiger partial charge in [-0.25, -0.2) is 0 Å². The summed E-state index contributed by atoms with van der Waals surface area (Å²) in [6, 6.07) is 0. The molecular weight excluding hydrogens is 198 g/mol. The van der Waals surface area contributed by atoms with E-state index in [2.05, 4.69) is 39.5 Å². The fourth-order valence-corrected chi connectivity index (χ4v) is 2.47. The predicted molar refractivity (Wildman–Crippen MR) is 68.2 cm³/mol. The van der Waals surface area contributed by atoms with Gasteiger partial charge in [0, 0.05) is 19.5 Å². The van der Waals surface area contributed by atoms with E-state index in [1.165, 1.54) is 12.8 Å². The Balaban J connectivity index is 2.40. The molecule has 1 saturated heterocycles. The van der Waals surface area contributed by atoms with E-state index < -0.39 is 0 Å². The van der Waals surface area contributed by atoms with Gasteiger partial charge in [0.25, 0.3) is 0 Å². The molecule has 1 heterocycles. The summed E-state index contributed by atoms with van der Waals surface area (Å²) in [6.07, 6.45) is 3.06. The Labute approximate surface area is 100 Å². The van der Waals surface area contributed by atoms with Crippen LogP contribution in [0.3, 0.4) is 0 Å². The van der Waals surface area contributed by atoms with E-state index in [-0.39, 0.29) is 0 Å². The monoisotopic (exact) mass is 225 g/mol. The van der Waals surface area contributed by atoms with E-state index in [4.69, 9.17) is 0 Å². The highest BCUT2D eigenvalue weighted by Gasteiger charge is 2.30. The number of piperidine rings is 1. The molecule has 0 unspecified atom stereocenters. The molecule has 1 aliphatic rings. The smallest absolute Gasteiger partial charge is 0.222 e. The Morgan fingerprint density at radius 2 is 1.75 bits per heavy atom. The number of amides is 1. The summed E-state index contributed by atoms with van der Waals surface area (Å²) in [7, 11) is 0. The van der Waals surface area contributed by atoms with E-state index in [9.17, 15) is 4.79 Å². The molecule has 2 heteroatoms. The van der Waals surface area contributed by atoms with Crippen molar-refractivity contribution >= 4 is 5.91 Å². The molecule has 2 nitrogen and oxygen atoms in total. The van der Waals surface area contributed by atoms with Crippen LogP contribution in [-0.2, 0) is 4.79 Å². The maximum absolute atomic E-state index is 11.9. The van der Waals surface area contributed by atoms with Crippen molar-refractivity contribution in [3.8, 4) is 0 Å². The first-order valence-corrected chi connectivity index (χ1v) is 6.58. The van der Waals surface area contributed by atoms with Gasteiger partial charge in [-0.15, -0.1) is 0 Å². The van der Waals surface area contributed by atoms with Gasteiger partial charge in [0.2, 0.25) is 5.91 Å². The van der Waals surface area contributed by atoms with Crippen molar-refractivity contribution in [3.05, 3.63) is 0 Å². The molecule has 1 amide bonds. The van der Waals surface area contributed by atoms with Crippen molar-refractivity contribution in [3.63, 3.8) is 0 Å². The third kappa shape index (κ3) is 3.80. The highest BCUT2D eigenvalue weighted by atomic mass is 16.2. The zero-order valence-electron chi connectivity index (χ0n) is 11.5. The second-order valence-electron chi connectivity index (χ2n) is 6.62. The standard InChI is InChI=1S/C14H27NO/c1-11(2)10-13(16)15-8-6-12(7-9-15)14(3,4)5/h11-12H,6-10H2,1-5H3. The molecule has 0 atom stereocenters. The number of hydrogen-bond acceptors (Lipinski definition) is 1. The average molecular weight is 225 g/mol. The van der Waals surface area contributed by atoms with E-state index in [0.717, 1.165) is 19.0 Å². The molecule has 1 aliphatic heterocycles. The maximum atomic E-state index is 11.9. The highest BCUT2D eigenvalue weighted by molar-refractivity contribution is 5.76. The van der Waals surface area contributed by atoms with Crippen LogP contribution in [0.15, 0.2) is 0 Å². The van der Waals surface area contributed by atoms with Crippen molar-refractivity contribution in [2.75, 3.05) is 13.1 Å². The second-order valence-corrected chi connectivity index (χ2v) is 6.62. The molecule has 94 valence electrons. The van der Waals surface area contributed by atoms with Gasteiger partial charge in [-0.1, -0.05) is 34.6 Å². The molecule has 1 fully saturated rings. The fourth-order valence-electron chi connectivity index (χ4n) is 2.47. The summed E-state index contributed by atoms with van der Waals surface area (Å²) in [5, 5.41) is 0. The molecule has 0 spiro atoms. The molecular formula is C14H27NO. The van der Waals surface area contributed by atoms with Gasteiger partial charge in [-0.2, -0.15) is 0 Å². The Kier molecular flexibility index (Phi) is 4.40. The Morgan fingerprint density at radius 1 is 1.25 bits per heavy atom. The lowest BCUT2D eigenvalue weighted by atomic mass is 9.75. The number of likely N-dealkylation sites (tertiary alicyclic amines) is 1. The van der Waals surface area contributed by atoms with Crippen LogP contribution < -0.4 is 0 Å². The number of hydrogen-bond donors (Lipinski definition) is 0. The number of carbonyl (C=O) groups excluding carboxylic acids is 1. The minimum absolute atomic E-state index is 0.349. The van der Waals surface area contributed by atoms with E-state index >= 15 is 0 Å². The average Bonchev–Trinajstić information content (AvgIpc) is 2.15. The molecule has 16 heavy (non-hydrogen) atoms. The number of carbonyl (C=O) groups is 1. The summed E-state index contributed by atoms with van der Waals surface area (Å²) >= 11 is 0. The van der Waals surface area contributed by atoms with Crippen molar-refractivity contribution < 1.29 is 4.79 Å². The lowest BCUT2D eigenvalue weighted by Crippen LogP contribution is -2.41. The van der Waals surface area contributed by atoms with Crippen molar-refractivity contribution in [1.29, 1.82) is 0 Å². The van der Waals surface area contributed by atoms with E-state index in [1.54, 1.807) is 0 Å². The van der Waals surface area contributed by atoms with Crippen LogP contribution in [0.4, 0.5) is 0 Å². The van der Waals surface area contributed by atoms with Crippen LogP contribution in [0, 0.1) is 17.3 Å². The van der Waals surface area contributed by atoms with Gasteiger partial charge in [0.1, 0.15) is 0 Å². The quantitative estimate of drug-likeness (QED) is 0.706. The van der Waals surface area contributed by atoms with Gasteiger partial charge in [-0.05, 0) is 30.1 Å². The van der Waals surface area contributed by atoms with Crippen LogP contribution in [0.25, 0.3) is 0 Å². The first kappa shape index (κ1) is 13.5. The van der Waals surface area contributed by atoms with Crippen LogP contribution in [-0.4, -0.2) is 23.9 Å². The normalized spacial score (nSPS) is 19.2. The lowest BCUT2D eigenvalue weighted by Gasteiger charge is -2.39. The topological polar surface area (TPSA) is 20.3 Å². The summed E-state index contributed by atoms with van der Waals surface area (Å²) in [5.74, 6) is 1.60. The molecule has 0 radical (unpaired) electrons. The highest BCUT2D eigenvalue weighted by Crippen LogP contribution is 2.34. The van der Waals surface area contributed by atoms with Crippen molar-refractivity contribution in [1.82, 2.24) is 4.90 Å². The van der Waals surface area contributed by atoms with Gasteiger partial charge in [-0.3, -0.25) is 4.79 Å². The molecule has 0 N–H and O–H groups in total. The van der Waals surface area contributed by atoms with Crippen molar-refractivity contribution in [2.45, 2.75) is 53.9 Å². The molecule has 0 aromatic carbocycles. The largest absolute Gasteiger partial charge is 0.343 e. The van der Waals surface area contributed by atoms with Gasteiger partial charge in [0.05, 0.1) is 0 Å². The lowest BCUT2D eigenvalue weighted by molar-refractivity contribution is -0.133. The van der Waals surface area contributed by atoms with E-state index in [1.807, 2.05) is 0 Å². The molecule has 0 aromatic heterocycles. The van der Waals surface area contributed by atoms with Crippen LogP contribution in [0.1, 0.15) is 53.9 Å². The Morgan fingerprint density at radius 3 is 2.12 bits per heavy atom.